The summed E-state index contributed by atoms with van der Waals surface area (Å²) < 4.78 is 0. The average Bonchev–Trinajstić information content (AvgIpc) is 3.01. The fourth-order valence-electron chi connectivity index (χ4n) is 3.50. The lowest BCUT2D eigenvalue weighted by molar-refractivity contribution is -0.384. The second-order valence-electron chi connectivity index (χ2n) is 5.58. The third-order valence-corrected chi connectivity index (χ3v) is 4.40. The SMILES string of the molecule is O=C(Nc1cccc([N+](=O)[O-])c1)C1CC2CCC1C2. The van der Waals surface area contributed by atoms with Crippen LogP contribution in [0, 0.1) is 27.9 Å². The first-order chi connectivity index (χ1) is 9.13. The summed E-state index contributed by atoms with van der Waals surface area (Å²) in [6, 6.07) is 6.12. The Bertz CT molecular complexity index is 529. The second-order valence-corrected chi connectivity index (χ2v) is 5.58. The highest BCUT2D eigenvalue weighted by atomic mass is 16.6. The van der Waals surface area contributed by atoms with Gasteiger partial charge in [-0.15, -0.1) is 0 Å². The number of anilines is 1. The Morgan fingerprint density at radius 3 is 2.79 bits per heavy atom. The van der Waals surface area contributed by atoms with E-state index in [0.717, 1.165) is 12.8 Å². The van der Waals surface area contributed by atoms with Crippen LogP contribution in [-0.2, 0) is 4.79 Å². The standard InChI is InChI=1S/C14H16N2O3/c17-14(13-7-9-4-5-10(13)6-9)15-11-2-1-3-12(8-11)16(18)19/h1-3,8-10,13H,4-7H2,(H,15,17). The van der Waals surface area contributed by atoms with Gasteiger partial charge in [-0.3, -0.25) is 14.9 Å². The van der Waals surface area contributed by atoms with Gasteiger partial charge in [0.15, 0.2) is 0 Å². The van der Waals surface area contributed by atoms with Crippen LogP contribution in [0.5, 0.6) is 0 Å². The first-order valence-corrected chi connectivity index (χ1v) is 6.69. The van der Waals surface area contributed by atoms with Crippen molar-refractivity contribution < 1.29 is 9.72 Å². The normalized spacial score (nSPS) is 28.3. The maximum atomic E-state index is 12.2. The van der Waals surface area contributed by atoms with E-state index in [1.165, 1.54) is 25.0 Å². The Kier molecular flexibility index (Phi) is 2.97. The molecule has 3 atom stereocenters. The van der Waals surface area contributed by atoms with Gasteiger partial charge in [-0.25, -0.2) is 0 Å². The van der Waals surface area contributed by atoms with Crippen LogP contribution in [0.15, 0.2) is 24.3 Å². The fraction of sp³-hybridized carbons (Fsp3) is 0.500. The van der Waals surface area contributed by atoms with E-state index in [1.54, 1.807) is 12.1 Å². The van der Waals surface area contributed by atoms with Gasteiger partial charge in [-0.2, -0.15) is 0 Å². The molecule has 1 amide bonds. The number of benzene rings is 1. The third kappa shape index (κ3) is 2.32. The summed E-state index contributed by atoms with van der Waals surface area (Å²) in [7, 11) is 0. The van der Waals surface area contributed by atoms with E-state index < -0.39 is 4.92 Å². The maximum absolute atomic E-state index is 12.2. The monoisotopic (exact) mass is 260 g/mol. The zero-order valence-electron chi connectivity index (χ0n) is 10.5. The Hall–Kier alpha value is -1.91. The molecule has 3 rings (SSSR count). The molecule has 0 spiro atoms. The number of hydrogen-bond acceptors (Lipinski definition) is 3. The molecule has 1 aromatic rings. The van der Waals surface area contributed by atoms with Gasteiger partial charge in [-0.1, -0.05) is 12.5 Å². The maximum Gasteiger partial charge on any atom is 0.271 e. The number of hydrogen-bond donors (Lipinski definition) is 1. The largest absolute Gasteiger partial charge is 0.326 e. The van der Waals surface area contributed by atoms with Crippen molar-refractivity contribution >= 4 is 17.3 Å². The van der Waals surface area contributed by atoms with Crippen LogP contribution in [0.1, 0.15) is 25.7 Å². The van der Waals surface area contributed by atoms with Gasteiger partial charge in [0.2, 0.25) is 5.91 Å². The van der Waals surface area contributed by atoms with Crippen LogP contribution in [-0.4, -0.2) is 10.8 Å². The second kappa shape index (κ2) is 4.64. The molecule has 0 aromatic heterocycles. The van der Waals surface area contributed by atoms with Crippen molar-refractivity contribution in [1.29, 1.82) is 0 Å². The molecule has 0 radical (unpaired) electrons. The zero-order chi connectivity index (χ0) is 13.4. The van der Waals surface area contributed by atoms with E-state index in [2.05, 4.69) is 5.32 Å². The molecular weight excluding hydrogens is 244 g/mol. The Labute approximate surface area is 111 Å². The molecule has 2 aliphatic rings. The highest BCUT2D eigenvalue weighted by molar-refractivity contribution is 5.93. The highest BCUT2D eigenvalue weighted by Crippen LogP contribution is 2.48. The zero-order valence-corrected chi connectivity index (χ0v) is 10.5. The van der Waals surface area contributed by atoms with Crippen molar-refractivity contribution in [3.63, 3.8) is 0 Å². The molecular formula is C14H16N2O3. The molecule has 5 nitrogen and oxygen atoms in total. The number of carbonyl (C=O) groups is 1. The lowest BCUT2D eigenvalue weighted by atomic mass is 9.88. The lowest BCUT2D eigenvalue weighted by Gasteiger charge is -2.20. The molecule has 0 heterocycles. The molecule has 1 N–H and O–H groups in total. The molecule has 2 bridgehead atoms. The number of rotatable bonds is 3. The molecule has 19 heavy (non-hydrogen) atoms. The van der Waals surface area contributed by atoms with Crippen molar-refractivity contribution in [1.82, 2.24) is 0 Å². The molecule has 5 heteroatoms. The van der Waals surface area contributed by atoms with Crippen LogP contribution in [0.3, 0.4) is 0 Å². The minimum absolute atomic E-state index is 0.00532. The Morgan fingerprint density at radius 2 is 2.16 bits per heavy atom. The van der Waals surface area contributed by atoms with Crippen molar-refractivity contribution in [2.75, 3.05) is 5.32 Å². The number of carbonyl (C=O) groups excluding carboxylic acids is 1. The predicted octanol–water partition coefficient (Wildman–Crippen LogP) is 2.97. The number of nitrogens with one attached hydrogen (secondary N) is 1. The average molecular weight is 260 g/mol. The first kappa shape index (κ1) is 12.1. The van der Waals surface area contributed by atoms with Gasteiger partial charge in [0.1, 0.15) is 0 Å². The summed E-state index contributed by atoms with van der Waals surface area (Å²) in [6.45, 7) is 0. The van der Waals surface area contributed by atoms with Gasteiger partial charge in [0.05, 0.1) is 4.92 Å². The van der Waals surface area contributed by atoms with Crippen LogP contribution >= 0.6 is 0 Å². The topological polar surface area (TPSA) is 72.2 Å². The summed E-state index contributed by atoms with van der Waals surface area (Å²) in [6.07, 6.45) is 4.56. The van der Waals surface area contributed by atoms with E-state index in [0.29, 0.717) is 17.5 Å². The number of nitro groups is 1. The van der Waals surface area contributed by atoms with Gasteiger partial charge in [0.25, 0.3) is 5.69 Å². The quantitative estimate of drug-likeness (QED) is 0.670. The minimum Gasteiger partial charge on any atom is -0.326 e. The van der Waals surface area contributed by atoms with Crippen molar-refractivity contribution in [2.45, 2.75) is 25.7 Å². The van der Waals surface area contributed by atoms with Crippen molar-refractivity contribution in [3.05, 3.63) is 34.4 Å². The van der Waals surface area contributed by atoms with Crippen LogP contribution in [0.25, 0.3) is 0 Å². The van der Waals surface area contributed by atoms with Crippen molar-refractivity contribution in [2.24, 2.45) is 17.8 Å². The van der Waals surface area contributed by atoms with Gasteiger partial charge >= 0.3 is 0 Å². The van der Waals surface area contributed by atoms with E-state index in [4.69, 9.17) is 0 Å². The number of nitrogens with zero attached hydrogens (tertiary/aromatic N) is 1. The highest BCUT2D eigenvalue weighted by Gasteiger charge is 2.43. The summed E-state index contributed by atoms with van der Waals surface area (Å²) in [5, 5.41) is 13.5. The smallest absolute Gasteiger partial charge is 0.271 e. The minimum atomic E-state index is -0.451. The van der Waals surface area contributed by atoms with E-state index >= 15 is 0 Å². The molecule has 2 fully saturated rings. The lowest BCUT2D eigenvalue weighted by Crippen LogP contribution is -2.27. The van der Waals surface area contributed by atoms with Gasteiger partial charge in [-0.05, 0) is 37.2 Å². The molecule has 100 valence electrons. The summed E-state index contributed by atoms with van der Waals surface area (Å²) in [5.41, 5.74) is 0.521. The van der Waals surface area contributed by atoms with E-state index in [-0.39, 0.29) is 17.5 Å². The molecule has 0 saturated heterocycles. The fourth-order valence-corrected chi connectivity index (χ4v) is 3.50. The van der Waals surface area contributed by atoms with Crippen molar-refractivity contribution in [3.8, 4) is 0 Å². The Morgan fingerprint density at radius 1 is 1.32 bits per heavy atom. The van der Waals surface area contributed by atoms with Gasteiger partial charge < -0.3 is 5.32 Å². The number of fused-ring (bicyclic) bond motifs is 2. The molecule has 2 saturated carbocycles. The Balaban J connectivity index is 1.69. The van der Waals surface area contributed by atoms with Crippen LogP contribution in [0.2, 0.25) is 0 Å². The molecule has 1 aromatic carbocycles. The first-order valence-electron chi connectivity index (χ1n) is 6.69. The molecule has 2 aliphatic carbocycles. The van der Waals surface area contributed by atoms with E-state index in [9.17, 15) is 14.9 Å². The number of non-ortho nitro benzene ring substituents is 1. The molecule has 0 aliphatic heterocycles. The van der Waals surface area contributed by atoms with Gasteiger partial charge in [0, 0.05) is 23.7 Å². The van der Waals surface area contributed by atoms with Crippen LogP contribution < -0.4 is 5.32 Å². The number of amides is 1. The van der Waals surface area contributed by atoms with E-state index in [1.807, 2.05) is 0 Å². The summed E-state index contributed by atoms with van der Waals surface area (Å²) >= 11 is 0. The summed E-state index contributed by atoms with van der Waals surface area (Å²) in [5.74, 6) is 1.35. The third-order valence-electron chi connectivity index (χ3n) is 4.40. The number of nitro benzene ring substituents is 1. The summed E-state index contributed by atoms with van der Waals surface area (Å²) in [4.78, 5) is 22.4. The predicted molar refractivity (Wildman–Crippen MR) is 70.7 cm³/mol. The van der Waals surface area contributed by atoms with Crippen LogP contribution in [0.4, 0.5) is 11.4 Å². The molecule has 3 unspecified atom stereocenters.